The summed E-state index contributed by atoms with van der Waals surface area (Å²) in [4.78, 5) is 37.7. The highest BCUT2D eigenvalue weighted by Gasteiger charge is 2.54. The second-order valence-corrected chi connectivity index (χ2v) is 5.68. The number of esters is 2. The van der Waals surface area contributed by atoms with Gasteiger partial charge in [0.2, 0.25) is 5.78 Å². The van der Waals surface area contributed by atoms with Gasteiger partial charge in [-0.1, -0.05) is 44.9 Å². The molecule has 0 N–H and O–H groups in total. The van der Waals surface area contributed by atoms with Crippen molar-refractivity contribution in [2.45, 2.75) is 51.6 Å². The first-order chi connectivity index (χ1) is 11.1. The van der Waals surface area contributed by atoms with E-state index in [1.807, 2.05) is 13.8 Å². The molecule has 1 aliphatic heterocycles. The van der Waals surface area contributed by atoms with Crippen molar-refractivity contribution in [3.63, 3.8) is 0 Å². The molecule has 0 bridgehead atoms. The lowest BCUT2D eigenvalue weighted by Gasteiger charge is -2.33. The summed E-state index contributed by atoms with van der Waals surface area (Å²) in [5.74, 6) is -1.89. The Kier molecular flexibility index (Phi) is 5.53. The minimum atomic E-state index is -1.84. The van der Waals surface area contributed by atoms with Crippen molar-refractivity contribution < 1.29 is 23.9 Å². The fourth-order valence-corrected chi connectivity index (χ4v) is 2.59. The summed E-state index contributed by atoms with van der Waals surface area (Å²) in [5, 5.41) is 0. The standard InChI is InChI=1S/C18H22O5/c1-3-5-11-18(17(21)22-12-6-4-2)15(19)13-9-7-8-10-14(13)16(20)23-18/h7-10H,3-6,11-12H2,1-2H3. The number of hydrogen-bond donors (Lipinski definition) is 0. The highest BCUT2D eigenvalue weighted by molar-refractivity contribution is 6.22. The highest BCUT2D eigenvalue weighted by Crippen LogP contribution is 2.33. The van der Waals surface area contributed by atoms with E-state index in [-0.39, 0.29) is 24.2 Å². The minimum absolute atomic E-state index is 0.146. The second kappa shape index (κ2) is 7.40. The number of rotatable bonds is 7. The molecule has 0 spiro atoms. The van der Waals surface area contributed by atoms with Crippen molar-refractivity contribution in [1.82, 2.24) is 0 Å². The third-order valence-electron chi connectivity index (χ3n) is 3.97. The van der Waals surface area contributed by atoms with E-state index in [0.717, 1.165) is 12.8 Å². The van der Waals surface area contributed by atoms with Crippen LogP contribution in [0.3, 0.4) is 0 Å². The molecule has 2 rings (SSSR count). The van der Waals surface area contributed by atoms with Gasteiger partial charge in [0.15, 0.2) is 0 Å². The number of unbranched alkanes of at least 4 members (excludes halogenated alkanes) is 2. The van der Waals surface area contributed by atoms with Crippen molar-refractivity contribution in [3.05, 3.63) is 35.4 Å². The average molecular weight is 318 g/mol. The van der Waals surface area contributed by atoms with Gasteiger partial charge in [-0.3, -0.25) is 4.79 Å². The van der Waals surface area contributed by atoms with E-state index in [2.05, 4.69) is 0 Å². The summed E-state index contributed by atoms with van der Waals surface area (Å²) in [6, 6.07) is 6.41. The van der Waals surface area contributed by atoms with Crippen LogP contribution in [0.5, 0.6) is 0 Å². The van der Waals surface area contributed by atoms with Crippen molar-refractivity contribution in [3.8, 4) is 0 Å². The topological polar surface area (TPSA) is 69.7 Å². The summed E-state index contributed by atoms with van der Waals surface area (Å²) in [6.45, 7) is 4.14. The predicted octanol–water partition coefficient (Wildman–Crippen LogP) is 3.31. The maximum atomic E-state index is 12.9. The minimum Gasteiger partial charge on any atom is -0.462 e. The van der Waals surface area contributed by atoms with Crippen LogP contribution in [-0.4, -0.2) is 29.9 Å². The number of fused-ring (bicyclic) bond motifs is 1. The Bertz CT molecular complexity index is 607. The van der Waals surface area contributed by atoms with E-state index in [1.54, 1.807) is 18.2 Å². The summed E-state index contributed by atoms with van der Waals surface area (Å²) >= 11 is 0. The molecule has 0 radical (unpaired) electrons. The monoisotopic (exact) mass is 318 g/mol. The maximum absolute atomic E-state index is 12.9. The van der Waals surface area contributed by atoms with Gasteiger partial charge in [0.05, 0.1) is 12.2 Å². The van der Waals surface area contributed by atoms with E-state index in [1.165, 1.54) is 6.07 Å². The Labute approximate surface area is 136 Å². The van der Waals surface area contributed by atoms with Gasteiger partial charge in [-0.15, -0.1) is 0 Å². The van der Waals surface area contributed by atoms with Crippen LogP contribution in [0.1, 0.15) is 66.7 Å². The van der Waals surface area contributed by atoms with Gasteiger partial charge in [0, 0.05) is 12.0 Å². The van der Waals surface area contributed by atoms with Crippen LogP contribution in [0.2, 0.25) is 0 Å². The van der Waals surface area contributed by atoms with Crippen LogP contribution < -0.4 is 0 Å². The van der Waals surface area contributed by atoms with Gasteiger partial charge < -0.3 is 9.47 Å². The number of hydrogen-bond acceptors (Lipinski definition) is 5. The first-order valence-electron chi connectivity index (χ1n) is 8.11. The molecule has 0 saturated carbocycles. The van der Waals surface area contributed by atoms with Gasteiger partial charge in [0.25, 0.3) is 5.60 Å². The first-order valence-corrected chi connectivity index (χ1v) is 8.11. The third-order valence-corrected chi connectivity index (χ3v) is 3.97. The molecule has 0 aromatic heterocycles. The number of ether oxygens (including phenoxy) is 2. The summed E-state index contributed by atoms with van der Waals surface area (Å²) < 4.78 is 10.6. The van der Waals surface area contributed by atoms with Gasteiger partial charge >= 0.3 is 11.9 Å². The smallest absolute Gasteiger partial charge is 0.358 e. The molecular formula is C18H22O5. The van der Waals surface area contributed by atoms with E-state index in [0.29, 0.717) is 12.8 Å². The lowest BCUT2D eigenvalue weighted by Crippen LogP contribution is -2.54. The molecule has 124 valence electrons. The molecule has 5 heteroatoms. The van der Waals surface area contributed by atoms with Crippen LogP contribution in [0.4, 0.5) is 0 Å². The molecule has 0 fully saturated rings. The molecule has 23 heavy (non-hydrogen) atoms. The molecule has 1 atom stereocenters. The van der Waals surface area contributed by atoms with Crippen molar-refractivity contribution in [1.29, 1.82) is 0 Å². The van der Waals surface area contributed by atoms with Crippen molar-refractivity contribution >= 4 is 17.7 Å². The van der Waals surface area contributed by atoms with E-state index >= 15 is 0 Å². The number of carbonyl (C=O) groups is 3. The van der Waals surface area contributed by atoms with Crippen LogP contribution in [0.15, 0.2) is 24.3 Å². The largest absolute Gasteiger partial charge is 0.462 e. The fourth-order valence-electron chi connectivity index (χ4n) is 2.59. The lowest BCUT2D eigenvalue weighted by molar-refractivity contribution is -0.162. The SMILES string of the molecule is CCCCOC(=O)C1(CCCC)OC(=O)c2ccccc2C1=O. The van der Waals surface area contributed by atoms with E-state index in [4.69, 9.17) is 9.47 Å². The van der Waals surface area contributed by atoms with Crippen molar-refractivity contribution in [2.75, 3.05) is 6.61 Å². The lowest BCUT2D eigenvalue weighted by atomic mass is 9.83. The molecule has 0 saturated heterocycles. The molecule has 1 unspecified atom stereocenters. The summed E-state index contributed by atoms with van der Waals surface area (Å²) in [7, 11) is 0. The van der Waals surface area contributed by atoms with Gasteiger partial charge in [-0.25, -0.2) is 9.59 Å². The number of Topliss-reactive ketones (excluding diaryl/α,β-unsaturated/α-hetero) is 1. The van der Waals surface area contributed by atoms with Crippen molar-refractivity contribution in [2.24, 2.45) is 0 Å². The Morgan fingerprint density at radius 1 is 1.09 bits per heavy atom. The Morgan fingerprint density at radius 2 is 1.74 bits per heavy atom. The fraction of sp³-hybridized carbons (Fsp3) is 0.500. The molecule has 1 aromatic carbocycles. The average Bonchev–Trinajstić information content (AvgIpc) is 2.57. The molecule has 0 amide bonds. The molecular weight excluding hydrogens is 296 g/mol. The summed E-state index contributed by atoms with van der Waals surface area (Å²) in [6.07, 6.45) is 3.08. The zero-order chi connectivity index (χ0) is 16.9. The maximum Gasteiger partial charge on any atom is 0.358 e. The van der Waals surface area contributed by atoms with Gasteiger partial charge in [-0.05, 0) is 18.9 Å². The Hall–Kier alpha value is -2.17. The van der Waals surface area contributed by atoms with Gasteiger partial charge in [-0.2, -0.15) is 0 Å². The number of cyclic esters (lactones) is 1. The quantitative estimate of drug-likeness (QED) is 0.438. The van der Waals surface area contributed by atoms with Crippen LogP contribution in [-0.2, 0) is 14.3 Å². The number of ketones is 1. The highest BCUT2D eigenvalue weighted by atomic mass is 16.6. The molecule has 0 aliphatic carbocycles. The van der Waals surface area contributed by atoms with Crippen LogP contribution in [0, 0.1) is 0 Å². The summed E-state index contributed by atoms with van der Waals surface area (Å²) in [5.41, 5.74) is -1.41. The predicted molar refractivity (Wildman–Crippen MR) is 84.3 cm³/mol. The Morgan fingerprint density at radius 3 is 2.39 bits per heavy atom. The molecule has 5 nitrogen and oxygen atoms in total. The number of carbonyl (C=O) groups excluding carboxylic acids is 3. The molecule has 1 heterocycles. The van der Waals surface area contributed by atoms with Crippen LogP contribution in [0.25, 0.3) is 0 Å². The third kappa shape index (κ3) is 3.28. The first kappa shape index (κ1) is 17.2. The molecule has 1 aliphatic rings. The Balaban J connectivity index is 2.37. The zero-order valence-electron chi connectivity index (χ0n) is 13.6. The second-order valence-electron chi connectivity index (χ2n) is 5.68. The molecule has 1 aromatic rings. The van der Waals surface area contributed by atoms with E-state index < -0.39 is 23.3 Å². The normalized spacial score (nSPS) is 19.9. The van der Waals surface area contributed by atoms with Gasteiger partial charge in [0.1, 0.15) is 0 Å². The number of benzene rings is 1. The van der Waals surface area contributed by atoms with Crippen LogP contribution >= 0.6 is 0 Å². The van der Waals surface area contributed by atoms with E-state index in [9.17, 15) is 14.4 Å². The zero-order valence-corrected chi connectivity index (χ0v) is 13.6.